The standard InChI is InChI=1S/C7H4F3NO3/c8-2-1-3(7(13)14)11-4(5(2)12)6(9)10/h1,6,12H,(H,13,14). The molecule has 0 atom stereocenters. The zero-order chi connectivity index (χ0) is 10.9. The second-order valence-corrected chi connectivity index (χ2v) is 2.33. The fourth-order valence-electron chi connectivity index (χ4n) is 0.787. The van der Waals surface area contributed by atoms with Gasteiger partial charge in [-0.1, -0.05) is 0 Å². The van der Waals surface area contributed by atoms with Crippen molar-refractivity contribution < 1.29 is 28.2 Å². The van der Waals surface area contributed by atoms with Crippen molar-refractivity contribution in [1.29, 1.82) is 0 Å². The van der Waals surface area contributed by atoms with Crippen molar-refractivity contribution in [3.8, 4) is 5.75 Å². The lowest BCUT2D eigenvalue weighted by Gasteiger charge is -2.04. The Balaban J connectivity index is 3.35. The van der Waals surface area contributed by atoms with E-state index in [0.717, 1.165) is 0 Å². The van der Waals surface area contributed by atoms with E-state index in [-0.39, 0.29) is 0 Å². The molecule has 0 aromatic carbocycles. The van der Waals surface area contributed by atoms with E-state index in [2.05, 4.69) is 4.98 Å². The van der Waals surface area contributed by atoms with Gasteiger partial charge in [0.05, 0.1) is 0 Å². The monoisotopic (exact) mass is 207 g/mol. The average Bonchev–Trinajstić information content (AvgIpc) is 2.08. The van der Waals surface area contributed by atoms with Crippen LogP contribution in [-0.2, 0) is 0 Å². The van der Waals surface area contributed by atoms with E-state index in [1.165, 1.54) is 0 Å². The van der Waals surface area contributed by atoms with Gasteiger partial charge in [0.15, 0.2) is 23.0 Å². The van der Waals surface area contributed by atoms with Gasteiger partial charge in [0.25, 0.3) is 6.43 Å². The lowest BCUT2D eigenvalue weighted by atomic mass is 10.2. The second-order valence-electron chi connectivity index (χ2n) is 2.33. The van der Waals surface area contributed by atoms with E-state index >= 15 is 0 Å². The summed E-state index contributed by atoms with van der Waals surface area (Å²) in [4.78, 5) is 13.2. The highest BCUT2D eigenvalue weighted by atomic mass is 19.3. The summed E-state index contributed by atoms with van der Waals surface area (Å²) in [7, 11) is 0. The van der Waals surface area contributed by atoms with Crippen LogP contribution in [0.25, 0.3) is 0 Å². The number of pyridine rings is 1. The molecular weight excluding hydrogens is 203 g/mol. The number of rotatable bonds is 2. The van der Waals surface area contributed by atoms with Crippen molar-refractivity contribution in [1.82, 2.24) is 4.98 Å². The van der Waals surface area contributed by atoms with Gasteiger partial charge in [0.1, 0.15) is 0 Å². The van der Waals surface area contributed by atoms with Crippen LogP contribution in [0.15, 0.2) is 6.07 Å². The van der Waals surface area contributed by atoms with Crippen LogP contribution in [0.5, 0.6) is 5.75 Å². The molecule has 76 valence electrons. The van der Waals surface area contributed by atoms with Gasteiger partial charge in [-0.25, -0.2) is 22.9 Å². The van der Waals surface area contributed by atoms with Crippen LogP contribution >= 0.6 is 0 Å². The number of aromatic carboxylic acids is 1. The summed E-state index contributed by atoms with van der Waals surface area (Å²) in [6, 6.07) is 0.365. The van der Waals surface area contributed by atoms with Crippen LogP contribution in [0, 0.1) is 5.82 Å². The first-order chi connectivity index (χ1) is 6.43. The Labute approximate surface area is 75.6 Å². The molecule has 2 N–H and O–H groups in total. The molecular formula is C7H4F3NO3. The van der Waals surface area contributed by atoms with Gasteiger partial charge in [-0.05, 0) is 0 Å². The zero-order valence-electron chi connectivity index (χ0n) is 6.54. The van der Waals surface area contributed by atoms with Crippen molar-refractivity contribution in [2.45, 2.75) is 6.43 Å². The Bertz CT molecular complexity index is 381. The van der Waals surface area contributed by atoms with E-state index < -0.39 is 35.3 Å². The lowest BCUT2D eigenvalue weighted by Crippen LogP contribution is -2.05. The molecule has 1 aromatic heterocycles. The lowest BCUT2D eigenvalue weighted by molar-refractivity contribution is 0.0687. The number of alkyl halides is 2. The zero-order valence-corrected chi connectivity index (χ0v) is 6.54. The molecule has 0 bridgehead atoms. The maximum absolute atomic E-state index is 12.7. The number of nitrogens with zero attached hydrogens (tertiary/aromatic N) is 1. The number of carbonyl (C=O) groups is 1. The van der Waals surface area contributed by atoms with Gasteiger partial charge in [0.2, 0.25) is 0 Å². The SMILES string of the molecule is O=C(O)c1cc(F)c(O)c(C(F)F)n1. The molecule has 0 saturated heterocycles. The maximum Gasteiger partial charge on any atom is 0.354 e. The minimum Gasteiger partial charge on any atom is -0.503 e. The van der Waals surface area contributed by atoms with E-state index in [4.69, 9.17) is 10.2 Å². The van der Waals surface area contributed by atoms with Crippen molar-refractivity contribution in [2.75, 3.05) is 0 Å². The third kappa shape index (κ3) is 1.76. The molecule has 14 heavy (non-hydrogen) atoms. The van der Waals surface area contributed by atoms with Gasteiger partial charge in [-0.15, -0.1) is 0 Å². The van der Waals surface area contributed by atoms with Crippen molar-refractivity contribution >= 4 is 5.97 Å². The predicted octanol–water partition coefficient (Wildman–Crippen LogP) is 1.56. The minimum absolute atomic E-state index is 0.365. The summed E-state index contributed by atoms with van der Waals surface area (Å²) in [6.07, 6.45) is -3.23. The summed E-state index contributed by atoms with van der Waals surface area (Å²) >= 11 is 0. The topological polar surface area (TPSA) is 70.4 Å². The van der Waals surface area contributed by atoms with Gasteiger partial charge in [-0.2, -0.15) is 0 Å². The van der Waals surface area contributed by atoms with E-state index in [0.29, 0.717) is 6.07 Å². The first-order valence-corrected chi connectivity index (χ1v) is 3.34. The molecule has 1 aromatic rings. The van der Waals surface area contributed by atoms with E-state index in [9.17, 15) is 18.0 Å². The first kappa shape index (κ1) is 10.3. The van der Waals surface area contributed by atoms with Gasteiger partial charge >= 0.3 is 5.97 Å². The summed E-state index contributed by atoms with van der Waals surface area (Å²) in [6.45, 7) is 0. The number of carboxylic acids is 1. The second kappa shape index (κ2) is 3.52. The Morgan fingerprint density at radius 2 is 2.07 bits per heavy atom. The number of carboxylic acid groups (broad SMARTS) is 1. The molecule has 1 rings (SSSR count). The Morgan fingerprint density at radius 3 is 2.50 bits per heavy atom. The number of halogens is 3. The molecule has 0 aliphatic rings. The molecule has 0 saturated carbocycles. The third-order valence-electron chi connectivity index (χ3n) is 1.40. The molecule has 0 spiro atoms. The normalized spacial score (nSPS) is 10.6. The summed E-state index contributed by atoms with van der Waals surface area (Å²) in [5.41, 5.74) is -2.15. The highest BCUT2D eigenvalue weighted by molar-refractivity contribution is 5.85. The van der Waals surface area contributed by atoms with Crippen LogP contribution in [-0.4, -0.2) is 21.2 Å². The molecule has 0 aliphatic heterocycles. The smallest absolute Gasteiger partial charge is 0.354 e. The van der Waals surface area contributed by atoms with Crippen LogP contribution in [0.2, 0.25) is 0 Å². The Morgan fingerprint density at radius 1 is 1.50 bits per heavy atom. The van der Waals surface area contributed by atoms with Crippen LogP contribution in [0.3, 0.4) is 0 Å². The van der Waals surface area contributed by atoms with E-state index in [1.807, 2.05) is 0 Å². The van der Waals surface area contributed by atoms with Crippen molar-refractivity contribution in [3.05, 3.63) is 23.3 Å². The summed E-state index contributed by atoms with van der Waals surface area (Å²) in [5.74, 6) is -4.41. The molecule has 7 heteroatoms. The predicted molar refractivity (Wildman–Crippen MR) is 37.8 cm³/mol. The molecule has 0 fully saturated rings. The molecule has 4 nitrogen and oxygen atoms in total. The van der Waals surface area contributed by atoms with Crippen molar-refractivity contribution in [2.24, 2.45) is 0 Å². The van der Waals surface area contributed by atoms with E-state index in [1.54, 1.807) is 0 Å². The van der Waals surface area contributed by atoms with Gasteiger partial charge < -0.3 is 10.2 Å². The summed E-state index contributed by atoms with van der Waals surface area (Å²) in [5, 5.41) is 17.1. The van der Waals surface area contributed by atoms with Crippen molar-refractivity contribution in [3.63, 3.8) is 0 Å². The number of aromatic nitrogens is 1. The highest BCUT2D eigenvalue weighted by Crippen LogP contribution is 2.28. The van der Waals surface area contributed by atoms with Gasteiger partial charge in [0, 0.05) is 6.07 Å². The number of aromatic hydroxyl groups is 1. The minimum atomic E-state index is -3.23. The fraction of sp³-hybridized carbons (Fsp3) is 0.143. The average molecular weight is 207 g/mol. The van der Waals surface area contributed by atoms with Crippen LogP contribution in [0.4, 0.5) is 13.2 Å². The molecule has 1 heterocycles. The third-order valence-corrected chi connectivity index (χ3v) is 1.40. The number of hydrogen-bond donors (Lipinski definition) is 2. The quantitative estimate of drug-likeness (QED) is 0.771. The van der Waals surface area contributed by atoms with Crippen LogP contribution in [0.1, 0.15) is 22.6 Å². The largest absolute Gasteiger partial charge is 0.503 e. The molecule has 0 radical (unpaired) electrons. The number of hydrogen-bond acceptors (Lipinski definition) is 3. The summed E-state index contributed by atoms with van der Waals surface area (Å²) < 4.78 is 36.8. The van der Waals surface area contributed by atoms with Crippen LogP contribution < -0.4 is 0 Å². The Hall–Kier alpha value is -1.79. The molecule has 0 unspecified atom stereocenters. The molecule has 0 amide bonds. The molecule has 0 aliphatic carbocycles. The first-order valence-electron chi connectivity index (χ1n) is 3.34. The highest BCUT2D eigenvalue weighted by Gasteiger charge is 2.21. The fourth-order valence-corrected chi connectivity index (χ4v) is 0.787. The van der Waals surface area contributed by atoms with Gasteiger partial charge in [-0.3, -0.25) is 0 Å². The maximum atomic E-state index is 12.7. The Kier molecular flexibility index (Phi) is 2.59.